The Morgan fingerprint density at radius 3 is 3.07 bits per heavy atom. The third kappa shape index (κ3) is 3.36. The molecule has 0 aromatic rings. The lowest BCUT2D eigenvalue weighted by atomic mass is 10.2. The first-order chi connectivity index (χ1) is 7.20. The zero-order chi connectivity index (χ0) is 11.3. The number of hydrogen-bond acceptors (Lipinski definition) is 4. The highest BCUT2D eigenvalue weighted by Crippen LogP contribution is 2.18. The van der Waals surface area contributed by atoms with Crippen LogP contribution in [0, 0.1) is 0 Å². The zero-order valence-corrected chi connectivity index (χ0v) is 10.0. The number of likely N-dealkylation sites (tertiary alicyclic amines) is 1. The fraction of sp³-hybridized carbons (Fsp3) is 0.900. The molecule has 4 nitrogen and oxygen atoms in total. The van der Waals surface area contributed by atoms with E-state index in [1.165, 1.54) is 0 Å². The quantitative estimate of drug-likeness (QED) is 0.703. The van der Waals surface area contributed by atoms with Gasteiger partial charge in [0, 0.05) is 6.54 Å². The maximum atomic E-state index is 11.9. The van der Waals surface area contributed by atoms with Gasteiger partial charge in [0.15, 0.2) is 0 Å². The van der Waals surface area contributed by atoms with Crippen molar-refractivity contribution in [2.45, 2.75) is 31.3 Å². The van der Waals surface area contributed by atoms with Crippen molar-refractivity contribution in [2.24, 2.45) is 5.73 Å². The molecule has 0 radical (unpaired) electrons. The van der Waals surface area contributed by atoms with Crippen molar-refractivity contribution >= 4 is 17.7 Å². The number of amides is 1. The largest absolute Gasteiger partial charge is 0.394 e. The van der Waals surface area contributed by atoms with Gasteiger partial charge in [0.25, 0.3) is 0 Å². The summed E-state index contributed by atoms with van der Waals surface area (Å²) in [6.45, 7) is 0.804. The van der Waals surface area contributed by atoms with Crippen LogP contribution in [-0.2, 0) is 4.79 Å². The van der Waals surface area contributed by atoms with Crippen LogP contribution >= 0.6 is 11.8 Å². The molecule has 0 aromatic heterocycles. The molecule has 1 heterocycles. The van der Waals surface area contributed by atoms with E-state index in [0.717, 1.165) is 25.1 Å². The Labute approximate surface area is 95.2 Å². The summed E-state index contributed by atoms with van der Waals surface area (Å²) in [5.74, 6) is 0.908. The van der Waals surface area contributed by atoms with Crippen molar-refractivity contribution in [1.82, 2.24) is 4.90 Å². The van der Waals surface area contributed by atoms with Gasteiger partial charge in [-0.15, -0.1) is 0 Å². The highest BCUT2D eigenvalue weighted by atomic mass is 32.2. The minimum absolute atomic E-state index is 0.000556. The minimum Gasteiger partial charge on any atom is -0.394 e. The third-order valence-electron chi connectivity index (χ3n) is 2.82. The Hall–Kier alpha value is -0.260. The Morgan fingerprint density at radius 1 is 1.73 bits per heavy atom. The van der Waals surface area contributed by atoms with Crippen LogP contribution in [0.3, 0.4) is 0 Å². The van der Waals surface area contributed by atoms with Gasteiger partial charge < -0.3 is 15.7 Å². The van der Waals surface area contributed by atoms with E-state index in [0.29, 0.717) is 6.42 Å². The van der Waals surface area contributed by atoms with Gasteiger partial charge in [0.2, 0.25) is 5.91 Å². The summed E-state index contributed by atoms with van der Waals surface area (Å²) >= 11 is 1.70. The highest BCUT2D eigenvalue weighted by Gasteiger charge is 2.30. The number of aliphatic hydroxyl groups excluding tert-OH is 1. The van der Waals surface area contributed by atoms with Gasteiger partial charge in [-0.2, -0.15) is 11.8 Å². The first kappa shape index (κ1) is 12.8. The predicted molar refractivity (Wildman–Crippen MR) is 62.8 cm³/mol. The summed E-state index contributed by atoms with van der Waals surface area (Å²) in [5.41, 5.74) is 5.81. The Balaban J connectivity index is 2.44. The van der Waals surface area contributed by atoms with E-state index >= 15 is 0 Å². The molecule has 0 bridgehead atoms. The molecule has 0 aliphatic carbocycles. The lowest BCUT2D eigenvalue weighted by Crippen LogP contribution is -2.47. The standard InChI is InChI=1S/C10H20N2O2S/c1-15-6-4-9(11)10(14)12-5-2-3-8(12)7-13/h8-9,13H,2-7,11H2,1H3/t8-,9-/m0/s1. The van der Waals surface area contributed by atoms with Crippen LogP contribution in [0.4, 0.5) is 0 Å². The van der Waals surface area contributed by atoms with Crippen molar-refractivity contribution < 1.29 is 9.90 Å². The van der Waals surface area contributed by atoms with E-state index in [2.05, 4.69) is 0 Å². The summed E-state index contributed by atoms with van der Waals surface area (Å²) in [6, 6.07) is -0.401. The molecule has 1 aliphatic heterocycles. The molecule has 1 rings (SSSR count). The summed E-state index contributed by atoms with van der Waals surface area (Å²) < 4.78 is 0. The van der Waals surface area contributed by atoms with E-state index in [1.807, 2.05) is 6.26 Å². The van der Waals surface area contributed by atoms with Crippen LogP contribution in [0.25, 0.3) is 0 Å². The van der Waals surface area contributed by atoms with Crippen molar-refractivity contribution in [1.29, 1.82) is 0 Å². The number of hydrogen-bond donors (Lipinski definition) is 2. The van der Waals surface area contributed by atoms with Crippen LogP contribution in [0.2, 0.25) is 0 Å². The number of carbonyl (C=O) groups is 1. The second-order valence-corrected chi connectivity index (χ2v) is 4.88. The molecule has 0 unspecified atom stereocenters. The second kappa shape index (κ2) is 6.35. The van der Waals surface area contributed by atoms with Gasteiger partial charge in [0.05, 0.1) is 18.7 Å². The van der Waals surface area contributed by atoms with Crippen molar-refractivity contribution in [3.63, 3.8) is 0 Å². The van der Waals surface area contributed by atoms with E-state index < -0.39 is 6.04 Å². The number of aliphatic hydroxyl groups is 1. The maximum Gasteiger partial charge on any atom is 0.239 e. The topological polar surface area (TPSA) is 66.6 Å². The van der Waals surface area contributed by atoms with E-state index in [-0.39, 0.29) is 18.6 Å². The highest BCUT2D eigenvalue weighted by molar-refractivity contribution is 7.98. The lowest BCUT2D eigenvalue weighted by molar-refractivity contribution is -0.134. The van der Waals surface area contributed by atoms with Crippen LogP contribution in [-0.4, -0.2) is 53.2 Å². The molecule has 1 amide bonds. The molecule has 1 aliphatic rings. The number of rotatable bonds is 5. The summed E-state index contributed by atoms with van der Waals surface area (Å²) in [7, 11) is 0. The van der Waals surface area contributed by atoms with Gasteiger partial charge in [-0.05, 0) is 31.3 Å². The van der Waals surface area contributed by atoms with Crippen LogP contribution in [0.15, 0.2) is 0 Å². The van der Waals surface area contributed by atoms with Crippen molar-refractivity contribution in [3.8, 4) is 0 Å². The third-order valence-corrected chi connectivity index (χ3v) is 3.47. The van der Waals surface area contributed by atoms with E-state index in [9.17, 15) is 4.79 Å². The molecule has 1 fully saturated rings. The molecule has 0 saturated carbocycles. The van der Waals surface area contributed by atoms with Crippen LogP contribution < -0.4 is 5.73 Å². The van der Waals surface area contributed by atoms with Gasteiger partial charge in [-0.25, -0.2) is 0 Å². The first-order valence-electron chi connectivity index (χ1n) is 5.36. The number of carbonyl (C=O) groups excluding carboxylic acids is 1. The van der Waals surface area contributed by atoms with Crippen molar-refractivity contribution in [2.75, 3.05) is 25.2 Å². The number of thioether (sulfide) groups is 1. The Kier molecular flexibility index (Phi) is 5.42. The van der Waals surface area contributed by atoms with Gasteiger partial charge >= 0.3 is 0 Å². The number of nitrogens with zero attached hydrogens (tertiary/aromatic N) is 1. The number of nitrogens with two attached hydrogens (primary N) is 1. The molecule has 0 spiro atoms. The molecular weight excluding hydrogens is 212 g/mol. The average Bonchev–Trinajstić information content (AvgIpc) is 2.72. The van der Waals surface area contributed by atoms with Gasteiger partial charge in [-0.3, -0.25) is 4.79 Å². The first-order valence-corrected chi connectivity index (χ1v) is 6.76. The maximum absolute atomic E-state index is 11.9. The smallest absolute Gasteiger partial charge is 0.239 e. The summed E-state index contributed by atoms with van der Waals surface area (Å²) in [6.07, 6.45) is 4.60. The van der Waals surface area contributed by atoms with Crippen molar-refractivity contribution in [3.05, 3.63) is 0 Å². The molecule has 15 heavy (non-hydrogen) atoms. The molecule has 2 atom stereocenters. The van der Waals surface area contributed by atoms with E-state index in [1.54, 1.807) is 16.7 Å². The fourth-order valence-electron chi connectivity index (χ4n) is 1.90. The Morgan fingerprint density at radius 2 is 2.47 bits per heavy atom. The van der Waals surface area contributed by atoms with Crippen LogP contribution in [0.5, 0.6) is 0 Å². The summed E-state index contributed by atoms with van der Waals surface area (Å²) in [5, 5.41) is 9.10. The molecule has 88 valence electrons. The van der Waals surface area contributed by atoms with Crippen LogP contribution in [0.1, 0.15) is 19.3 Å². The van der Waals surface area contributed by atoms with E-state index in [4.69, 9.17) is 10.8 Å². The van der Waals surface area contributed by atoms with Gasteiger partial charge in [0.1, 0.15) is 0 Å². The zero-order valence-electron chi connectivity index (χ0n) is 9.19. The molecule has 1 saturated heterocycles. The SMILES string of the molecule is CSCC[C@H](N)C(=O)N1CCC[C@H]1CO. The molecule has 0 aromatic carbocycles. The Bertz CT molecular complexity index is 214. The minimum atomic E-state index is -0.399. The molecule has 5 heteroatoms. The molecule has 3 N–H and O–H groups in total. The predicted octanol–water partition coefficient (Wildman–Crippen LogP) is 0.0501. The summed E-state index contributed by atoms with van der Waals surface area (Å²) in [4.78, 5) is 13.6. The normalized spacial score (nSPS) is 23.1. The fourth-order valence-corrected chi connectivity index (χ4v) is 2.39. The van der Waals surface area contributed by atoms with Gasteiger partial charge in [-0.1, -0.05) is 0 Å². The lowest BCUT2D eigenvalue weighted by Gasteiger charge is -2.26. The molecular formula is C10H20N2O2S. The second-order valence-electron chi connectivity index (χ2n) is 3.90. The monoisotopic (exact) mass is 232 g/mol. The average molecular weight is 232 g/mol.